The van der Waals surface area contributed by atoms with Crippen LogP contribution in [-0.2, 0) is 0 Å². The van der Waals surface area contributed by atoms with Crippen LogP contribution in [0, 0.1) is 10.8 Å². The topological polar surface area (TPSA) is 57.0 Å². The van der Waals surface area contributed by atoms with Crippen LogP contribution in [0.25, 0.3) is 0 Å². The van der Waals surface area contributed by atoms with Crippen LogP contribution in [0.15, 0.2) is 16.7 Å². The molecule has 1 saturated heterocycles. The van der Waals surface area contributed by atoms with E-state index < -0.39 is 0 Å². The molecule has 90 valence electrons. The van der Waals surface area contributed by atoms with Gasteiger partial charge in [-0.05, 0) is 28.9 Å². The highest BCUT2D eigenvalue weighted by atomic mass is 79.9. The normalized spacial score (nSPS) is 27.7. The molecule has 0 spiro atoms. The highest BCUT2D eigenvalue weighted by Crippen LogP contribution is 2.32. The summed E-state index contributed by atoms with van der Waals surface area (Å²) in [5.74, 6) is 1.05. The lowest BCUT2D eigenvalue weighted by molar-refractivity contribution is -0.470. The number of rotatable bonds is 0. The Morgan fingerprint density at radius 1 is 1.53 bits per heavy atom. The number of nitroso groups, excluding NO2 is 1. The molecule has 2 atom stereocenters. The van der Waals surface area contributed by atoms with Crippen molar-refractivity contribution in [3.05, 3.63) is 21.6 Å². The van der Waals surface area contributed by atoms with E-state index in [-0.39, 0.29) is 0 Å². The SMILES string of the molecule is O=[N+]1CC2CNCCC2Nc2ncc(Br)cc21. The Morgan fingerprint density at radius 2 is 2.41 bits per heavy atom. The van der Waals surface area contributed by atoms with Crippen molar-refractivity contribution in [3.63, 3.8) is 0 Å². The average Bonchev–Trinajstić information content (AvgIpc) is 2.46. The molecule has 2 aliphatic heterocycles. The molecule has 3 heterocycles. The minimum absolute atomic E-state index is 0.342. The van der Waals surface area contributed by atoms with Gasteiger partial charge in [-0.3, -0.25) is 0 Å². The van der Waals surface area contributed by atoms with Gasteiger partial charge in [0.05, 0.1) is 5.92 Å². The van der Waals surface area contributed by atoms with Crippen molar-refractivity contribution in [1.82, 2.24) is 10.3 Å². The maximum absolute atomic E-state index is 12.1. The predicted octanol–water partition coefficient (Wildman–Crippen LogP) is 1.66. The van der Waals surface area contributed by atoms with Gasteiger partial charge in [0.25, 0.3) is 5.69 Å². The molecule has 0 aromatic carbocycles. The molecule has 5 nitrogen and oxygen atoms in total. The third-order valence-corrected chi connectivity index (χ3v) is 3.87. The van der Waals surface area contributed by atoms with Crippen LogP contribution < -0.4 is 10.6 Å². The maximum Gasteiger partial charge on any atom is 0.299 e. The Balaban J connectivity index is 1.98. The fourth-order valence-corrected chi connectivity index (χ4v) is 2.84. The molecule has 0 radical (unpaired) electrons. The largest absolute Gasteiger partial charge is 0.361 e. The summed E-state index contributed by atoms with van der Waals surface area (Å²) in [5, 5.41) is 6.74. The Morgan fingerprint density at radius 3 is 3.29 bits per heavy atom. The van der Waals surface area contributed by atoms with Crippen LogP contribution in [0.1, 0.15) is 6.42 Å². The summed E-state index contributed by atoms with van der Waals surface area (Å²) in [6.07, 6.45) is 2.76. The summed E-state index contributed by atoms with van der Waals surface area (Å²) in [6.45, 7) is 2.42. The van der Waals surface area contributed by atoms with Gasteiger partial charge in [0.1, 0.15) is 0 Å². The third-order valence-electron chi connectivity index (χ3n) is 3.43. The second-order valence-corrected chi connectivity index (χ2v) is 5.50. The van der Waals surface area contributed by atoms with Crippen LogP contribution in [0.2, 0.25) is 0 Å². The molecule has 6 heteroatoms. The van der Waals surface area contributed by atoms with E-state index in [9.17, 15) is 4.91 Å². The summed E-state index contributed by atoms with van der Waals surface area (Å²) in [7, 11) is 0. The van der Waals surface area contributed by atoms with Crippen molar-refractivity contribution < 1.29 is 4.76 Å². The lowest BCUT2D eigenvalue weighted by Crippen LogP contribution is -2.45. The Labute approximate surface area is 108 Å². The fraction of sp³-hybridized carbons (Fsp3) is 0.545. The van der Waals surface area contributed by atoms with Crippen molar-refractivity contribution in [2.75, 3.05) is 25.0 Å². The summed E-state index contributed by atoms with van der Waals surface area (Å²) in [5.41, 5.74) is 0.633. The molecule has 1 fully saturated rings. The summed E-state index contributed by atoms with van der Waals surface area (Å²) < 4.78 is 1.89. The van der Waals surface area contributed by atoms with Crippen LogP contribution in [0.5, 0.6) is 0 Å². The molecule has 0 saturated carbocycles. The molecule has 2 unspecified atom stereocenters. The second-order valence-electron chi connectivity index (χ2n) is 4.59. The zero-order valence-electron chi connectivity index (χ0n) is 9.32. The summed E-state index contributed by atoms with van der Waals surface area (Å²) in [6, 6.07) is 2.18. The van der Waals surface area contributed by atoms with Crippen molar-refractivity contribution in [3.8, 4) is 0 Å². The number of fused-ring (bicyclic) bond motifs is 2. The molecule has 1 aromatic heterocycles. The van der Waals surface area contributed by atoms with E-state index >= 15 is 0 Å². The van der Waals surface area contributed by atoms with Gasteiger partial charge in [-0.1, -0.05) is 0 Å². The van der Waals surface area contributed by atoms with Crippen LogP contribution in [0.4, 0.5) is 11.5 Å². The number of aromatic nitrogens is 1. The maximum atomic E-state index is 12.1. The van der Waals surface area contributed by atoms with Gasteiger partial charge in [-0.15, -0.1) is 0 Å². The molecule has 17 heavy (non-hydrogen) atoms. The lowest BCUT2D eigenvalue weighted by atomic mass is 9.94. The van der Waals surface area contributed by atoms with Crippen molar-refractivity contribution >= 4 is 27.4 Å². The Bertz CT molecular complexity index is 465. The zero-order chi connectivity index (χ0) is 11.8. The zero-order valence-corrected chi connectivity index (χ0v) is 10.9. The number of nitrogens with one attached hydrogen (secondary N) is 2. The highest BCUT2D eigenvalue weighted by molar-refractivity contribution is 9.10. The second kappa shape index (κ2) is 4.34. The minimum Gasteiger partial charge on any atom is -0.361 e. The number of pyridine rings is 1. The van der Waals surface area contributed by atoms with E-state index in [1.54, 1.807) is 6.20 Å². The molecule has 2 N–H and O–H groups in total. The molecule has 0 aliphatic carbocycles. The number of piperidine rings is 1. The average molecular weight is 298 g/mol. The van der Waals surface area contributed by atoms with E-state index in [1.807, 2.05) is 6.07 Å². The van der Waals surface area contributed by atoms with E-state index in [0.717, 1.165) is 28.7 Å². The number of hydrogen-bond donors (Lipinski definition) is 2. The monoisotopic (exact) mass is 297 g/mol. The van der Waals surface area contributed by atoms with Crippen molar-refractivity contribution in [2.45, 2.75) is 12.5 Å². The van der Waals surface area contributed by atoms with Gasteiger partial charge in [0.15, 0.2) is 0 Å². The molecule has 0 bridgehead atoms. The van der Waals surface area contributed by atoms with Gasteiger partial charge >= 0.3 is 0 Å². The number of hydrogen-bond acceptors (Lipinski definition) is 4. The van der Waals surface area contributed by atoms with Crippen molar-refractivity contribution in [2.24, 2.45) is 5.92 Å². The molecule has 3 rings (SSSR count). The standard InChI is InChI=1S/C11H14BrN4O/c12-8-3-10-11(14-5-8)15-9-1-2-13-4-7(9)6-16(10)17/h3,5,7,9,13H,1-2,4,6H2,(H,14,15)/q+1. The lowest BCUT2D eigenvalue weighted by Gasteiger charge is -2.28. The molecular weight excluding hydrogens is 284 g/mol. The van der Waals surface area contributed by atoms with Crippen LogP contribution in [-0.4, -0.2) is 35.4 Å². The van der Waals surface area contributed by atoms with E-state index in [2.05, 4.69) is 31.5 Å². The molecule has 0 amide bonds. The van der Waals surface area contributed by atoms with Gasteiger partial charge in [0.2, 0.25) is 12.4 Å². The van der Waals surface area contributed by atoms with Crippen molar-refractivity contribution in [1.29, 1.82) is 0 Å². The van der Waals surface area contributed by atoms with Gasteiger partial charge < -0.3 is 10.6 Å². The quantitative estimate of drug-likeness (QED) is 0.715. The number of anilines is 1. The smallest absolute Gasteiger partial charge is 0.299 e. The molecule has 1 aromatic rings. The van der Waals surface area contributed by atoms with E-state index in [0.29, 0.717) is 30.0 Å². The first-order chi connectivity index (χ1) is 8.24. The first-order valence-corrected chi connectivity index (χ1v) is 6.61. The first kappa shape index (κ1) is 11.1. The summed E-state index contributed by atoms with van der Waals surface area (Å²) >= 11 is 3.35. The van der Waals surface area contributed by atoms with Crippen LogP contribution >= 0.6 is 15.9 Å². The van der Waals surface area contributed by atoms with E-state index in [1.165, 1.54) is 0 Å². The fourth-order valence-electron chi connectivity index (χ4n) is 2.52. The molecule has 2 aliphatic rings. The number of nitrogens with zero attached hydrogens (tertiary/aromatic N) is 2. The first-order valence-electron chi connectivity index (χ1n) is 5.81. The Kier molecular flexibility index (Phi) is 2.84. The van der Waals surface area contributed by atoms with Gasteiger partial charge in [-0.25, -0.2) is 4.98 Å². The number of halogens is 1. The van der Waals surface area contributed by atoms with Crippen LogP contribution in [0.3, 0.4) is 0 Å². The van der Waals surface area contributed by atoms with Gasteiger partial charge in [0, 0.05) is 39.0 Å². The summed E-state index contributed by atoms with van der Waals surface area (Å²) in [4.78, 5) is 16.4. The minimum atomic E-state index is 0.342. The van der Waals surface area contributed by atoms with Gasteiger partial charge in [-0.2, -0.15) is 0 Å². The highest BCUT2D eigenvalue weighted by Gasteiger charge is 2.37. The molecular formula is C11H14BrN4O+. The third kappa shape index (κ3) is 2.07. The van der Waals surface area contributed by atoms with E-state index in [4.69, 9.17) is 0 Å². The Hall–Kier alpha value is -1.01. The predicted molar refractivity (Wildman–Crippen MR) is 68.5 cm³/mol.